The van der Waals surface area contributed by atoms with Gasteiger partial charge >= 0.3 is 0 Å². The van der Waals surface area contributed by atoms with Crippen LogP contribution in [0.5, 0.6) is 0 Å². The summed E-state index contributed by atoms with van der Waals surface area (Å²) in [5, 5.41) is 14.5. The van der Waals surface area contributed by atoms with E-state index in [4.69, 9.17) is 0 Å². The van der Waals surface area contributed by atoms with E-state index < -0.39 is 0 Å². The molecule has 1 saturated carbocycles. The van der Waals surface area contributed by atoms with Crippen LogP contribution in [0.2, 0.25) is 0 Å². The predicted molar refractivity (Wildman–Crippen MR) is 94.9 cm³/mol. The minimum Gasteiger partial charge on any atom is -0.366 e. The van der Waals surface area contributed by atoms with Crippen LogP contribution in [-0.4, -0.2) is 22.1 Å². The number of hydrogen-bond donors (Lipinski definition) is 2. The van der Waals surface area contributed by atoms with Crippen LogP contribution in [0, 0.1) is 6.92 Å². The van der Waals surface area contributed by atoms with E-state index in [9.17, 15) is 4.79 Å². The maximum absolute atomic E-state index is 12.2. The Bertz CT molecular complexity index is 661. The first-order valence-corrected chi connectivity index (χ1v) is 8.65. The van der Waals surface area contributed by atoms with Gasteiger partial charge in [-0.3, -0.25) is 4.79 Å². The Labute approximate surface area is 142 Å². The second-order valence-corrected chi connectivity index (χ2v) is 6.45. The molecule has 0 spiro atoms. The van der Waals surface area contributed by atoms with Crippen LogP contribution in [0.15, 0.2) is 36.4 Å². The molecule has 2 aromatic rings. The molecule has 5 nitrogen and oxygen atoms in total. The number of amides is 1. The first-order chi connectivity index (χ1) is 11.7. The number of benzene rings is 1. The molecule has 1 aromatic heterocycles. The van der Waals surface area contributed by atoms with Crippen LogP contribution in [0.25, 0.3) is 0 Å². The van der Waals surface area contributed by atoms with Crippen molar-refractivity contribution in [3.8, 4) is 0 Å². The number of nitrogens with zero attached hydrogens (tertiary/aromatic N) is 2. The number of nitrogens with one attached hydrogen (secondary N) is 2. The summed E-state index contributed by atoms with van der Waals surface area (Å²) in [6.07, 6.45) is 6.22. The second kappa shape index (κ2) is 7.90. The van der Waals surface area contributed by atoms with Crippen LogP contribution >= 0.6 is 0 Å². The van der Waals surface area contributed by atoms with E-state index in [1.54, 1.807) is 6.07 Å². The molecule has 0 bridgehead atoms. The highest BCUT2D eigenvalue weighted by Gasteiger charge is 2.14. The lowest BCUT2D eigenvalue weighted by Crippen LogP contribution is -2.25. The topological polar surface area (TPSA) is 66.9 Å². The zero-order valence-corrected chi connectivity index (χ0v) is 14.1. The number of aryl methyl sites for hydroxylation is 1. The van der Waals surface area contributed by atoms with E-state index in [0.717, 1.165) is 11.4 Å². The summed E-state index contributed by atoms with van der Waals surface area (Å²) >= 11 is 0. The molecule has 1 aliphatic rings. The Hall–Kier alpha value is -2.43. The number of hydrogen-bond acceptors (Lipinski definition) is 4. The van der Waals surface area contributed by atoms with Crippen LogP contribution in [0.4, 0.5) is 5.82 Å². The smallest absolute Gasteiger partial charge is 0.272 e. The minimum atomic E-state index is -0.202. The van der Waals surface area contributed by atoms with Crippen molar-refractivity contribution in [1.82, 2.24) is 15.5 Å². The number of anilines is 1. The van der Waals surface area contributed by atoms with Crippen LogP contribution in [-0.2, 0) is 6.54 Å². The fourth-order valence-corrected chi connectivity index (χ4v) is 2.97. The number of carbonyl (C=O) groups excluding carboxylic acids is 1. The van der Waals surface area contributed by atoms with Gasteiger partial charge in [-0.05, 0) is 37.5 Å². The third-order valence-corrected chi connectivity index (χ3v) is 4.43. The van der Waals surface area contributed by atoms with Crippen LogP contribution < -0.4 is 10.6 Å². The van der Waals surface area contributed by atoms with Crippen molar-refractivity contribution in [2.75, 3.05) is 5.32 Å². The van der Waals surface area contributed by atoms with Crippen LogP contribution in [0.3, 0.4) is 0 Å². The quantitative estimate of drug-likeness (QED) is 0.884. The van der Waals surface area contributed by atoms with Crippen molar-refractivity contribution < 1.29 is 4.79 Å². The standard InChI is InChI=1S/C19H24N4O/c1-14-7-9-15(10-8-14)13-20-19(24)17-11-12-18(23-22-17)21-16-5-3-2-4-6-16/h7-12,16H,2-6,13H2,1H3,(H,20,24)(H,21,23). The molecule has 1 heterocycles. The highest BCUT2D eigenvalue weighted by atomic mass is 16.1. The second-order valence-electron chi connectivity index (χ2n) is 6.45. The van der Waals surface area contributed by atoms with Crippen LogP contribution in [0.1, 0.15) is 53.7 Å². The van der Waals surface area contributed by atoms with Gasteiger partial charge in [-0.1, -0.05) is 49.1 Å². The summed E-state index contributed by atoms with van der Waals surface area (Å²) in [7, 11) is 0. The van der Waals surface area contributed by atoms with Gasteiger partial charge in [-0.25, -0.2) is 0 Å². The predicted octanol–water partition coefficient (Wildman–Crippen LogP) is 3.46. The monoisotopic (exact) mass is 324 g/mol. The van der Waals surface area contributed by atoms with E-state index in [2.05, 4.69) is 20.8 Å². The van der Waals surface area contributed by atoms with Crippen molar-refractivity contribution in [2.45, 2.75) is 51.6 Å². The molecular formula is C19H24N4O. The minimum absolute atomic E-state index is 0.202. The molecule has 24 heavy (non-hydrogen) atoms. The van der Waals surface area contributed by atoms with E-state index in [1.807, 2.05) is 37.3 Å². The lowest BCUT2D eigenvalue weighted by atomic mass is 9.95. The normalized spacial score (nSPS) is 15.0. The van der Waals surface area contributed by atoms with E-state index >= 15 is 0 Å². The largest absolute Gasteiger partial charge is 0.366 e. The lowest BCUT2D eigenvalue weighted by molar-refractivity contribution is 0.0945. The van der Waals surface area contributed by atoms with Crippen molar-refractivity contribution >= 4 is 11.7 Å². The van der Waals surface area contributed by atoms with Crippen molar-refractivity contribution in [2.24, 2.45) is 0 Å². The summed E-state index contributed by atoms with van der Waals surface area (Å²) in [5.41, 5.74) is 2.62. The Morgan fingerprint density at radius 1 is 1.04 bits per heavy atom. The maximum atomic E-state index is 12.2. The molecule has 2 N–H and O–H groups in total. The van der Waals surface area contributed by atoms with Gasteiger partial charge in [0.2, 0.25) is 0 Å². The van der Waals surface area contributed by atoms with E-state index in [-0.39, 0.29) is 5.91 Å². The first-order valence-electron chi connectivity index (χ1n) is 8.65. The Balaban J connectivity index is 1.52. The molecular weight excluding hydrogens is 300 g/mol. The molecule has 0 radical (unpaired) electrons. The number of aromatic nitrogens is 2. The maximum Gasteiger partial charge on any atom is 0.272 e. The summed E-state index contributed by atoms with van der Waals surface area (Å²) in [6.45, 7) is 2.53. The SMILES string of the molecule is Cc1ccc(CNC(=O)c2ccc(NC3CCCCC3)nn2)cc1. The van der Waals surface area contributed by atoms with Gasteiger partial charge in [0.25, 0.3) is 5.91 Å². The van der Waals surface area contributed by atoms with Gasteiger partial charge in [-0.2, -0.15) is 0 Å². The van der Waals surface area contributed by atoms with Crippen molar-refractivity contribution in [3.05, 3.63) is 53.2 Å². The van der Waals surface area contributed by atoms with Crippen molar-refractivity contribution in [3.63, 3.8) is 0 Å². The molecule has 0 atom stereocenters. The highest BCUT2D eigenvalue weighted by molar-refractivity contribution is 5.92. The molecule has 1 aromatic carbocycles. The average molecular weight is 324 g/mol. The van der Waals surface area contributed by atoms with E-state index in [1.165, 1.54) is 37.7 Å². The third kappa shape index (κ3) is 4.54. The fraction of sp³-hybridized carbons (Fsp3) is 0.421. The summed E-state index contributed by atoms with van der Waals surface area (Å²) in [5.74, 6) is 0.546. The highest BCUT2D eigenvalue weighted by Crippen LogP contribution is 2.20. The zero-order chi connectivity index (χ0) is 16.8. The number of rotatable bonds is 5. The fourth-order valence-electron chi connectivity index (χ4n) is 2.97. The van der Waals surface area contributed by atoms with Gasteiger partial charge in [0.05, 0.1) is 0 Å². The van der Waals surface area contributed by atoms with Gasteiger partial charge in [0.1, 0.15) is 5.82 Å². The van der Waals surface area contributed by atoms with Gasteiger partial charge in [0, 0.05) is 12.6 Å². The van der Waals surface area contributed by atoms with Gasteiger partial charge in [-0.15, -0.1) is 10.2 Å². The Kier molecular flexibility index (Phi) is 5.41. The lowest BCUT2D eigenvalue weighted by Gasteiger charge is -2.22. The molecule has 3 rings (SSSR count). The van der Waals surface area contributed by atoms with Crippen molar-refractivity contribution in [1.29, 1.82) is 0 Å². The average Bonchev–Trinajstić information content (AvgIpc) is 2.62. The Morgan fingerprint density at radius 3 is 2.46 bits per heavy atom. The molecule has 0 saturated heterocycles. The molecule has 0 unspecified atom stereocenters. The molecule has 1 aliphatic carbocycles. The summed E-state index contributed by atoms with van der Waals surface area (Å²) in [4.78, 5) is 12.2. The van der Waals surface area contributed by atoms with Gasteiger partial charge < -0.3 is 10.6 Å². The zero-order valence-electron chi connectivity index (χ0n) is 14.1. The molecule has 0 aliphatic heterocycles. The molecule has 1 amide bonds. The molecule has 5 heteroatoms. The number of carbonyl (C=O) groups is 1. The molecule has 1 fully saturated rings. The summed E-state index contributed by atoms with van der Waals surface area (Å²) < 4.78 is 0. The third-order valence-electron chi connectivity index (χ3n) is 4.43. The first kappa shape index (κ1) is 16.4. The molecule has 126 valence electrons. The Morgan fingerprint density at radius 2 is 1.79 bits per heavy atom. The van der Waals surface area contributed by atoms with E-state index in [0.29, 0.717) is 18.3 Å². The van der Waals surface area contributed by atoms with Gasteiger partial charge in [0.15, 0.2) is 5.69 Å². The summed E-state index contributed by atoms with van der Waals surface area (Å²) in [6, 6.07) is 12.1.